The molecule has 0 aliphatic carbocycles. The van der Waals surface area contributed by atoms with Crippen molar-refractivity contribution in [3.05, 3.63) is 35.4 Å². The Hall–Kier alpha value is -1.82. The van der Waals surface area contributed by atoms with Crippen LogP contribution in [0.1, 0.15) is 49.5 Å². The molecule has 1 rings (SSSR count). The minimum atomic E-state index is -0.214. The van der Waals surface area contributed by atoms with E-state index in [1.54, 1.807) is 24.3 Å². The Morgan fingerprint density at radius 2 is 2.18 bits per heavy atom. The number of nitrogens with zero attached hydrogens (tertiary/aromatic N) is 1. The van der Waals surface area contributed by atoms with Gasteiger partial charge in [0.15, 0.2) is 0 Å². The van der Waals surface area contributed by atoms with E-state index in [9.17, 15) is 4.79 Å². The Balaban J connectivity index is 2.80. The number of carbonyl (C=O) groups excluding carboxylic acids is 1. The molecule has 0 spiro atoms. The molecule has 0 saturated heterocycles. The first-order valence-electron chi connectivity index (χ1n) is 5.81. The summed E-state index contributed by atoms with van der Waals surface area (Å²) in [4.78, 5) is 12.0. The molecule has 17 heavy (non-hydrogen) atoms. The van der Waals surface area contributed by atoms with E-state index >= 15 is 0 Å². The van der Waals surface area contributed by atoms with Gasteiger partial charge in [-0.1, -0.05) is 19.4 Å². The van der Waals surface area contributed by atoms with Crippen molar-refractivity contribution in [2.75, 3.05) is 0 Å². The van der Waals surface area contributed by atoms with Gasteiger partial charge in [-0.2, -0.15) is 5.26 Å². The highest BCUT2D eigenvalue weighted by atomic mass is 16.1. The molecule has 90 valence electrons. The van der Waals surface area contributed by atoms with Gasteiger partial charge in [-0.25, -0.2) is 0 Å². The van der Waals surface area contributed by atoms with Gasteiger partial charge in [0.1, 0.15) is 0 Å². The van der Waals surface area contributed by atoms with E-state index in [4.69, 9.17) is 5.26 Å². The van der Waals surface area contributed by atoms with E-state index in [0.717, 1.165) is 12.8 Å². The second-order valence-electron chi connectivity index (χ2n) is 4.78. The minimum absolute atomic E-state index is 0.124. The van der Waals surface area contributed by atoms with Crippen LogP contribution in [0.4, 0.5) is 0 Å². The summed E-state index contributed by atoms with van der Waals surface area (Å²) in [5.41, 5.74) is 0.827. The minimum Gasteiger partial charge on any atom is -0.347 e. The summed E-state index contributed by atoms with van der Waals surface area (Å²) in [5, 5.41) is 11.8. The Kier molecular flexibility index (Phi) is 4.28. The van der Waals surface area contributed by atoms with Crippen LogP contribution in [0.5, 0.6) is 0 Å². The second kappa shape index (κ2) is 5.49. The summed E-state index contributed by atoms with van der Waals surface area (Å²) in [5.74, 6) is -0.124. The van der Waals surface area contributed by atoms with Crippen molar-refractivity contribution in [3.8, 4) is 6.07 Å². The van der Waals surface area contributed by atoms with E-state index in [2.05, 4.69) is 12.2 Å². The van der Waals surface area contributed by atoms with Crippen LogP contribution in [0.25, 0.3) is 0 Å². The first kappa shape index (κ1) is 13.2. The summed E-state index contributed by atoms with van der Waals surface area (Å²) < 4.78 is 0. The zero-order valence-electron chi connectivity index (χ0n) is 10.6. The van der Waals surface area contributed by atoms with Crippen molar-refractivity contribution in [2.45, 2.75) is 39.2 Å². The molecule has 1 amide bonds. The summed E-state index contributed by atoms with van der Waals surface area (Å²) in [6, 6.07) is 8.77. The van der Waals surface area contributed by atoms with Gasteiger partial charge in [0.05, 0.1) is 11.6 Å². The Labute approximate surface area is 102 Å². The molecule has 0 bridgehead atoms. The standard InChI is InChI=1S/C14H18N2O/c1-4-8-14(2,3)16-13(17)12-7-5-6-11(9-12)10-15/h5-7,9H,4,8H2,1-3H3,(H,16,17). The van der Waals surface area contributed by atoms with Crippen molar-refractivity contribution in [2.24, 2.45) is 0 Å². The molecule has 3 heteroatoms. The second-order valence-corrected chi connectivity index (χ2v) is 4.78. The highest BCUT2D eigenvalue weighted by Gasteiger charge is 2.19. The summed E-state index contributed by atoms with van der Waals surface area (Å²) in [6.07, 6.45) is 1.95. The largest absolute Gasteiger partial charge is 0.347 e. The van der Waals surface area contributed by atoms with Gasteiger partial charge < -0.3 is 5.32 Å². The molecule has 1 aromatic carbocycles. The van der Waals surface area contributed by atoms with Gasteiger partial charge in [-0.15, -0.1) is 0 Å². The molecular weight excluding hydrogens is 212 g/mol. The van der Waals surface area contributed by atoms with Crippen molar-refractivity contribution >= 4 is 5.91 Å². The average Bonchev–Trinajstić information content (AvgIpc) is 2.28. The SMILES string of the molecule is CCCC(C)(C)NC(=O)c1cccc(C#N)c1. The van der Waals surface area contributed by atoms with Crippen molar-refractivity contribution < 1.29 is 4.79 Å². The molecule has 3 nitrogen and oxygen atoms in total. The lowest BCUT2D eigenvalue weighted by atomic mass is 9.98. The van der Waals surface area contributed by atoms with Crippen LogP contribution in [0.15, 0.2) is 24.3 Å². The number of rotatable bonds is 4. The maximum Gasteiger partial charge on any atom is 0.251 e. The number of nitriles is 1. The van der Waals surface area contributed by atoms with Crippen molar-refractivity contribution in [3.63, 3.8) is 0 Å². The molecule has 0 atom stereocenters. The van der Waals surface area contributed by atoms with Gasteiger partial charge in [0.2, 0.25) is 0 Å². The number of carbonyl (C=O) groups is 1. The van der Waals surface area contributed by atoms with Crippen LogP contribution in [0, 0.1) is 11.3 Å². The van der Waals surface area contributed by atoms with Crippen molar-refractivity contribution in [1.29, 1.82) is 5.26 Å². The molecule has 0 heterocycles. The molecule has 0 radical (unpaired) electrons. The normalized spacial score (nSPS) is 10.7. The van der Waals surface area contributed by atoms with E-state index in [1.807, 2.05) is 19.9 Å². The van der Waals surface area contributed by atoms with Crippen LogP contribution < -0.4 is 5.32 Å². The van der Waals surface area contributed by atoms with E-state index < -0.39 is 0 Å². The topological polar surface area (TPSA) is 52.9 Å². The fraction of sp³-hybridized carbons (Fsp3) is 0.429. The number of amides is 1. The Bertz CT molecular complexity index is 444. The fourth-order valence-electron chi connectivity index (χ4n) is 1.80. The van der Waals surface area contributed by atoms with E-state index in [1.165, 1.54) is 0 Å². The highest BCUT2D eigenvalue weighted by Crippen LogP contribution is 2.12. The number of nitrogens with one attached hydrogen (secondary N) is 1. The third-order valence-corrected chi connectivity index (χ3v) is 2.58. The van der Waals surface area contributed by atoms with Crippen LogP contribution in [0.2, 0.25) is 0 Å². The van der Waals surface area contributed by atoms with Gasteiger partial charge in [-0.3, -0.25) is 4.79 Å². The molecule has 1 N–H and O–H groups in total. The zero-order chi connectivity index (χ0) is 12.9. The van der Waals surface area contributed by atoms with E-state index in [-0.39, 0.29) is 11.4 Å². The Morgan fingerprint density at radius 3 is 2.76 bits per heavy atom. The maximum absolute atomic E-state index is 12.0. The molecule has 0 saturated carbocycles. The average molecular weight is 230 g/mol. The molecular formula is C14H18N2O. The lowest BCUT2D eigenvalue weighted by molar-refractivity contribution is 0.0909. The van der Waals surface area contributed by atoms with Crippen molar-refractivity contribution in [1.82, 2.24) is 5.32 Å². The number of benzene rings is 1. The third kappa shape index (κ3) is 3.92. The molecule has 0 unspecified atom stereocenters. The van der Waals surface area contributed by atoms with Crippen LogP contribution in [-0.4, -0.2) is 11.4 Å². The third-order valence-electron chi connectivity index (χ3n) is 2.58. The van der Waals surface area contributed by atoms with E-state index in [0.29, 0.717) is 11.1 Å². The van der Waals surface area contributed by atoms with Crippen LogP contribution in [-0.2, 0) is 0 Å². The van der Waals surface area contributed by atoms with Crippen LogP contribution in [0.3, 0.4) is 0 Å². The van der Waals surface area contributed by atoms with Gasteiger partial charge >= 0.3 is 0 Å². The fourth-order valence-corrected chi connectivity index (χ4v) is 1.80. The maximum atomic E-state index is 12.0. The van der Waals surface area contributed by atoms with Crippen LogP contribution >= 0.6 is 0 Å². The summed E-state index contributed by atoms with van der Waals surface area (Å²) >= 11 is 0. The molecule has 0 aliphatic heterocycles. The predicted molar refractivity (Wildman–Crippen MR) is 67.6 cm³/mol. The zero-order valence-corrected chi connectivity index (χ0v) is 10.6. The van der Waals surface area contributed by atoms with Gasteiger partial charge in [0, 0.05) is 11.1 Å². The Morgan fingerprint density at radius 1 is 1.47 bits per heavy atom. The first-order chi connectivity index (χ1) is 7.98. The molecule has 0 aliphatic rings. The van der Waals surface area contributed by atoms with Gasteiger partial charge in [0.25, 0.3) is 5.91 Å². The lowest BCUT2D eigenvalue weighted by Gasteiger charge is -2.25. The quantitative estimate of drug-likeness (QED) is 0.864. The highest BCUT2D eigenvalue weighted by molar-refractivity contribution is 5.94. The summed E-state index contributed by atoms with van der Waals surface area (Å²) in [6.45, 7) is 6.09. The predicted octanol–water partition coefficient (Wildman–Crippen LogP) is 2.87. The van der Waals surface area contributed by atoms with Gasteiger partial charge in [-0.05, 0) is 38.5 Å². The number of hydrogen-bond acceptors (Lipinski definition) is 2. The summed E-state index contributed by atoms with van der Waals surface area (Å²) in [7, 11) is 0. The number of hydrogen-bond donors (Lipinski definition) is 1. The monoisotopic (exact) mass is 230 g/mol. The molecule has 0 aromatic heterocycles. The smallest absolute Gasteiger partial charge is 0.251 e. The lowest BCUT2D eigenvalue weighted by Crippen LogP contribution is -2.43. The first-order valence-corrected chi connectivity index (χ1v) is 5.81. The molecule has 1 aromatic rings. The molecule has 0 fully saturated rings.